The van der Waals surface area contributed by atoms with Crippen LogP contribution in [0.3, 0.4) is 0 Å². The number of nitrogens with one attached hydrogen (secondary N) is 2. The SMILES string of the molecule is Clc1cc2c(s1)CCC2Nc1cccc(-c2nn[nH]n2)c1. The van der Waals surface area contributed by atoms with E-state index in [-0.39, 0.29) is 0 Å². The largest absolute Gasteiger partial charge is 0.378 e. The minimum atomic E-state index is 0.323. The number of aryl methyl sites for hydroxylation is 1. The molecule has 0 bridgehead atoms. The second kappa shape index (κ2) is 5.13. The molecule has 2 aromatic heterocycles. The summed E-state index contributed by atoms with van der Waals surface area (Å²) in [5.74, 6) is 0.601. The van der Waals surface area contributed by atoms with Crippen LogP contribution in [-0.2, 0) is 6.42 Å². The number of fused-ring (bicyclic) bond motifs is 1. The smallest absolute Gasteiger partial charge is 0.204 e. The van der Waals surface area contributed by atoms with Crippen LogP contribution in [0.25, 0.3) is 11.4 Å². The van der Waals surface area contributed by atoms with E-state index in [2.05, 4.69) is 38.1 Å². The fraction of sp³-hybridized carbons (Fsp3) is 0.214. The van der Waals surface area contributed by atoms with Crippen LogP contribution in [0.5, 0.6) is 0 Å². The van der Waals surface area contributed by atoms with Crippen molar-refractivity contribution in [3.05, 3.63) is 45.1 Å². The molecule has 7 heteroatoms. The van der Waals surface area contributed by atoms with Gasteiger partial charge in [0.05, 0.1) is 10.4 Å². The average molecular weight is 318 g/mol. The molecule has 2 N–H and O–H groups in total. The number of nitrogens with zero attached hydrogens (tertiary/aromatic N) is 3. The van der Waals surface area contributed by atoms with E-state index in [1.165, 1.54) is 10.4 Å². The lowest BCUT2D eigenvalue weighted by molar-refractivity contribution is 0.762. The second-order valence-corrected chi connectivity index (χ2v) is 6.75. The lowest BCUT2D eigenvalue weighted by atomic mass is 10.1. The van der Waals surface area contributed by atoms with Gasteiger partial charge in [-0.2, -0.15) is 5.21 Å². The standard InChI is InChI=1S/C14H12ClN5S/c15-13-7-10-11(4-5-12(10)21-13)16-9-3-1-2-8(6-9)14-17-19-20-18-14/h1-3,6-7,11,16H,4-5H2,(H,17,18,19,20). The molecule has 5 nitrogen and oxygen atoms in total. The summed E-state index contributed by atoms with van der Waals surface area (Å²) >= 11 is 7.79. The first-order chi connectivity index (χ1) is 10.3. The van der Waals surface area contributed by atoms with Crippen LogP contribution in [0.2, 0.25) is 4.34 Å². The third-order valence-electron chi connectivity index (χ3n) is 3.65. The highest BCUT2D eigenvalue weighted by atomic mass is 35.5. The third-order valence-corrected chi connectivity index (χ3v) is 4.99. The van der Waals surface area contributed by atoms with Crippen LogP contribution >= 0.6 is 22.9 Å². The summed E-state index contributed by atoms with van der Waals surface area (Å²) in [5.41, 5.74) is 3.32. The van der Waals surface area contributed by atoms with E-state index < -0.39 is 0 Å². The Hall–Kier alpha value is -1.92. The number of hydrogen-bond donors (Lipinski definition) is 2. The molecule has 2 heterocycles. The van der Waals surface area contributed by atoms with Gasteiger partial charge in [-0.05, 0) is 41.8 Å². The number of aromatic amines is 1. The van der Waals surface area contributed by atoms with Gasteiger partial charge in [0.25, 0.3) is 0 Å². The number of benzene rings is 1. The third kappa shape index (κ3) is 2.41. The molecule has 21 heavy (non-hydrogen) atoms. The van der Waals surface area contributed by atoms with E-state index in [4.69, 9.17) is 11.6 Å². The summed E-state index contributed by atoms with van der Waals surface area (Å²) in [5, 5.41) is 17.7. The van der Waals surface area contributed by atoms with E-state index in [9.17, 15) is 0 Å². The Kier molecular flexibility index (Phi) is 3.12. The molecule has 4 rings (SSSR count). The lowest BCUT2D eigenvalue weighted by Crippen LogP contribution is -2.06. The van der Waals surface area contributed by atoms with Crippen molar-refractivity contribution in [2.45, 2.75) is 18.9 Å². The molecule has 1 aliphatic rings. The molecular weight excluding hydrogens is 306 g/mol. The van der Waals surface area contributed by atoms with Crippen molar-refractivity contribution < 1.29 is 0 Å². The van der Waals surface area contributed by atoms with Crippen LogP contribution in [0.1, 0.15) is 22.9 Å². The van der Waals surface area contributed by atoms with Crippen molar-refractivity contribution in [1.82, 2.24) is 20.6 Å². The minimum Gasteiger partial charge on any atom is -0.378 e. The Balaban J connectivity index is 1.59. The Morgan fingerprint density at radius 2 is 2.29 bits per heavy atom. The maximum Gasteiger partial charge on any atom is 0.204 e. The molecule has 106 valence electrons. The molecule has 0 radical (unpaired) electrons. The first-order valence-electron chi connectivity index (χ1n) is 6.68. The molecule has 0 aliphatic heterocycles. The summed E-state index contributed by atoms with van der Waals surface area (Å²) in [6.45, 7) is 0. The average Bonchev–Trinajstić information content (AvgIpc) is 3.18. The normalized spacial score (nSPS) is 16.9. The highest BCUT2D eigenvalue weighted by molar-refractivity contribution is 7.16. The number of thiophene rings is 1. The van der Waals surface area contributed by atoms with Gasteiger partial charge >= 0.3 is 0 Å². The lowest BCUT2D eigenvalue weighted by Gasteiger charge is -2.15. The van der Waals surface area contributed by atoms with Crippen LogP contribution in [0.15, 0.2) is 30.3 Å². The zero-order valence-electron chi connectivity index (χ0n) is 11.0. The maximum atomic E-state index is 6.10. The van der Waals surface area contributed by atoms with E-state index in [1.807, 2.05) is 18.2 Å². The van der Waals surface area contributed by atoms with Gasteiger partial charge in [-0.3, -0.25) is 0 Å². The number of hydrogen-bond acceptors (Lipinski definition) is 5. The molecule has 1 aromatic carbocycles. The van der Waals surface area contributed by atoms with Crippen LogP contribution in [0.4, 0.5) is 5.69 Å². The van der Waals surface area contributed by atoms with E-state index in [0.717, 1.165) is 28.4 Å². The molecule has 0 amide bonds. The molecule has 1 aliphatic carbocycles. The van der Waals surface area contributed by atoms with E-state index in [0.29, 0.717) is 11.9 Å². The van der Waals surface area contributed by atoms with Gasteiger partial charge in [0.1, 0.15) is 0 Å². The predicted octanol–water partition coefficient (Wildman–Crippen LogP) is 3.68. The van der Waals surface area contributed by atoms with Crippen molar-refractivity contribution in [3.8, 4) is 11.4 Å². The number of tetrazole rings is 1. The zero-order chi connectivity index (χ0) is 14.2. The monoisotopic (exact) mass is 317 g/mol. The van der Waals surface area contributed by atoms with Crippen molar-refractivity contribution in [2.24, 2.45) is 0 Å². The predicted molar refractivity (Wildman–Crippen MR) is 83.6 cm³/mol. The topological polar surface area (TPSA) is 66.5 Å². The van der Waals surface area contributed by atoms with Crippen molar-refractivity contribution in [3.63, 3.8) is 0 Å². The molecule has 0 spiro atoms. The maximum absolute atomic E-state index is 6.10. The Morgan fingerprint density at radius 1 is 1.33 bits per heavy atom. The fourth-order valence-corrected chi connectivity index (χ4v) is 4.07. The quantitative estimate of drug-likeness (QED) is 0.773. The Bertz CT molecular complexity index is 768. The molecule has 3 aromatic rings. The van der Waals surface area contributed by atoms with Crippen LogP contribution < -0.4 is 5.32 Å². The molecular formula is C14H12ClN5S. The van der Waals surface area contributed by atoms with Crippen molar-refractivity contribution in [1.29, 1.82) is 0 Å². The fourth-order valence-electron chi connectivity index (χ4n) is 2.71. The van der Waals surface area contributed by atoms with Gasteiger partial charge in [0.2, 0.25) is 5.82 Å². The number of rotatable bonds is 3. The molecule has 0 fully saturated rings. The molecule has 0 saturated heterocycles. The summed E-state index contributed by atoms with van der Waals surface area (Å²) in [6, 6.07) is 10.5. The number of halogens is 1. The Labute approximate surface area is 130 Å². The number of aromatic nitrogens is 4. The first-order valence-corrected chi connectivity index (χ1v) is 7.87. The van der Waals surface area contributed by atoms with Crippen molar-refractivity contribution >= 4 is 28.6 Å². The highest BCUT2D eigenvalue weighted by Crippen LogP contribution is 2.41. The van der Waals surface area contributed by atoms with Gasteiger partial charge in [-0.25, -0.2) is 0 Å². The first kappa shape index (κ1) is 12.8. The van der Waals surface area contributed by atoms with E-state index >= 15 is 0 Å². The Morgan fingerprint density at radius 3 is 3.14 bits per heavy atom. The van der Waals surface area contributed by atoms with Crippen LogP contribution in [0, 0.1) is 0 Å². The number of H-pyrrole nitrogens is 1. The van der Waals surface area contributed by atoms with Gasteiger partial charge in [-0.1, -0.05) is 23.7 Å². The minimum absolute atomic E-state index is 0.323. The number of anilines is 1. The molecule has 1 unspecified atom stereocenters. The summed E-state index contributed by atoms with van der Waals surface area (Å²) in [4.78, 5) is 1.40. The molecule has 0 saturated carbocycles. The van der Waals surface area contributed by atoms with Gasteiger partial charge in [-0.15, -0.1) is 21.5 Å². The summed E-state index contributed by atoms with van der Waals surface area (Å²) < 4.78 is 0.868. The van der Waals surface area contributed by atoms with Gasteiger partial charge in [0.15, 0.2) is 0 Å². The highest BCUT2D eigenvalue weighted by Gasteiger charge is 2.25. The van der Waals surface area contributed by atoms with Crippen molar-refractivity contribution in [2.75, 3.05) is 5.32 Å². The zero-order valence-corrected chi connectivity index (χ0v) is 12.6. The van der Waals surface area contributed by atoms with Crippen LogP contribution in [-0.4, -0.2) is 20.6 Å². The van der Waals surface area contributed by atoms with Gasteiger partial charge < -0.3 is 5.32 Å². The summed E-state index contributed by atoms with van der Waals surface area (Å²) in [7, 11) is 0. The summed E-state index contributed by atoms with van der Waals surface area (Å²) in [6.07, 6.45) is 2.19. The van der Waals surface area contributed by atoms with E-state index in [1.54, 1.807) is 11.3 Å². The van der Waals surface area contributed by atoms with Gasteiger partial charge in [0, 0.05) is 16.1 Å². The second-order valence-electron chi connectivity index (χ2n) is 4.98. The molecule has 1 atom stereocenters.